The second-order valence-corrected chi connectivity index (χ2v) is 9.38. The van der Waals surface area contributed by atoms with Crippen molar-refractivity contribution in [1.82, 2.24) is 19.6 Å². The van der Waals surface area contributed by atoms with Crippen LogP contribution in [0.4, 0.5) is 0 Å². The van der Waals surface area contributed by atoms with Gasteiger partial charge in [-0.25, -0.2) is 0 Å². The summed E-state index contributed by atoms with van der Waals surface area (Å²) in [5.74, 6) is -0.261. The van der Waals surface area contributed by atoms with E-state index in [2.05, 4.69) is 30.6 Å². The number of carbonyl (C=O) groups excluding carboxylic acids is 3. The molecule has 2 aliphatic rings. The molecule has 0 saturated heterocycles. The highest BCUT2D eigenvalue weighted by molar-refractivity contribution is 6.21. The molecule has 7 heteroatoms. The molecule has 0 unspecified atom stereocenters. The number of unbranched alkanes of at least 4 members (excludes halogenated alkanes) is 2. The quantitative estimate of drug-likeness (QED) is 0.528. The number of hydrogen-bond acceptors (Lipinski definition) is 4. The molecule has 3 heterocycles. The first-order chi connectivity index (χ1) is 14.8. The molecular formula is C24H30N4O3. The summed E-state index contributed by atoms with van der Waals surface area (Å²) in [6, 6.07) is 6.94. The van der Waals surface area contributed by atoms with Gasteiger partial charge in [-0.05, 0) is 45.7 Å². The van der Waals surface area contributed by atoms with Gasteiger partial charge >= 0.3 is 0 Å². The Balaban J connectivity index is 1.22. The van der Waals surface area contributed by atoms with E-state index < -0.39 is 0 Å². The molecule has 0 bridgehead atoms. The molecule has 4 rings (SSSR count). The number of rotatable bonds is 6. The smallest absolute Gasteiger partial charge is 0.261 e. The molecule has 31 heavy (non-hydrogen) atoms. The highest BCUT2D eigenvalue weighted by atomic mass is 16.2. The largest absolute Gasteiger partial charge is 0.338 e. The summed E-state index contributed by atoms with van der Waals surface area (Å²) in [5, 5.41) is 4.53. The van der Waals surface area contributed by atoms with E-state index in [1.807, 2.05) is 11.1 Å². The van der Waals surface area contributed by atoms with Gasteiger partial charge in [0.15, 0.2) is 0 Å². The molecular weight excluding hydrogens is 392 g/mol. The fourth-order valence-electron chi connectivity index (χ4n) is 4.45. The van der Waals surface area contributed by atoms with Crippen molar-refractivity contribution in [2.45, 2.75) is 65.0 Å². The van der Waals surface area contributed by atoms with Crippen molar-refractivity contribution in [2.24, 2.45) is 0 Å². The topological polar surface area (TPSA) is 75.5 Å². The lowest BCUT2D eigenvalue weighted by Gasteiger charge is -2.30. The van der Waals surface area contributed by atoms with Crippen molar-refractivity contribution in [3.63, 3.8) is 0 Å². The third-order valence-corrected chi connectivity index (χ3v) is 6.07. The predicted octanol–water partition coefficient (Wildman–Crippen LogP) is 3.38. The maximum Gasteiger partial charge on any atom is 0.261 e. The summed E-state index contributed by atoms with van der Waals surface area (Å²) in [6.07, 6.45) is 5.49. The third kappa shape index (κ3) is 4.13. The van der Waals surface area contributed by atoms with Crippen LogP contribution in [0.5, 0.6) is 0 Å². The van der Waals surface area contributed by atoms with Crippen molar-refractivity contribution in [3.05, 3.63) is 52.8 Å². The second kappa shape index (κ2) is 8.29. The van der Waals surface area contributed by atoms with Gasteiger partial charge in [-0.1, -0.05) is 18.6 Å². The van der Waals surface area contributed by atoms with Crippen LogP contribution < -0.4 is 0 Å². The number of nitrogens with zero attached hydrogens (tertiary/aromatic N) is 4. The van der Waals surface area contributed by atoms with Crippen molar-refractivity contribution in [1.29, 1.82) is 0 Å². The summed E-state index contributed by atoms with van der Waals surface area (Å²) >= 11 is 0. The molecule has 1 aromatic carbocycles. The van der Waals surface area contributed by atoms with Gasteiger partial charge in [-0.15, -0.1) is 0 Å². The van der Waals surface area contributed by atoms with Gasteiger partial charge in [0, 0.05) is 43.7 Å². The summed E-state index contributed by atoms with van der Waals surface area (Å²) in [6.45, 7) is 8.17. The number of hydrogen-bond donors (Lipinski definition) is 0. The van der Waals surface area contributed by atoms with E-state index in [9.17, 15) is 14.4 Å². The average molecular weight is 423 g/mol. The van der Waals surface area contributed by atoms with Crippen LogP contribution in [0.3, 0.4) is 0 Å². The van der Waals surface area contributed by atoms with Crippen molar-refractivity contribution in [2.75, 3.05) is 13.1 Å². The zero-order valence-corrected chi connectivity index (χ0v) is 18.6. The van der Waals surface area contributed by atoms with E-state index in [4.69, 9.17) is 0 Å². The van der Waals surface area contributed by atoms with Gasteiger partial charge < -0.3 is 4.90 Å². The fourth-order valence-corrected chi connectivity index (χ4v) is 4.45. The van der Waals surface area contributed by atoms with Gasteiger partial charge in [0.25, 0.3) is 11.8 Å². The minimum atomic E-state index is -0.211. The molecule has 2 aromatic rings. The molecule has 0 radical (unpaired) electrons. The van der Waals surface area contributed by atoms with Crippen LogP contribution in [-0.2, 0) is 23.3 Å². The highest BCUT2D eigenvalue weighted by Crippen LogP contribution is 2.25. The molecule has 2 aliphatic heterocycles. The molecule has 0 saturated carbocycles. The highest BCUT2D eigenvalue weighted by Gasteiger charge is 2.34. The molecule has 0 aliphatic carbocycles. The van der Waals surface area contributed by atoms with Crippen molar-refractivity contribution >= 4 is 17.7 Å². The van der Waals surface area contributed by atoms with Crippen LogP contribution in [0.2, 0.25) is 0 Å². The maximum atomic E-state index is 12.7. The van der Waals surface area contributed by atoms with E-state index in [1.165, 1.54) is 10.6 Å². The van der Waals surface area contributed by atoms with Gasteiger partial charge in [0.2, 0.25) is 5.91 Å². The monoisotopic (exact) mass is 422 g/mol. The maximum absolute atomic E-state index is 12.7. The van der Waals surface area contributed by atoms with Crippen LogP contribution >= 0.6 is 0 Å². The standard InChI is InChI=1S/C24H30N4O3/c1-24(2,3)28-20-12-14-26(16-17(20)15-25-28)21(29)11-5-4-8-13-27-22(30)18-9-6-7-10-19(18)23(27)31/h6-7,9-10,15H,4-5,8,11-14,16H2,1-3H3. The van der Waals surface area contributed by atoms with Crippen LogP contribution in [0.15, 0.2) is 30.5 Å². The molecule has 0 N–H and O–H groups in total. The van der Waals surface area contributed by atoms with E-state index in [1.54, 1.807) is 24.3 Å². The van der Waals surface area contributed by atoms with Gasteiger partial charge in [-0.3, -0.25) is 24.0 Å². The van der Waals surface area contributed by atoms with E-state index in [-0.39, 0.29) is 23.3 Å². The minimum absolute atomic E-state index is 0.0563. The Morgan fingerprint density at radius 2 is 1.71 bits per heavy atom. The first-order valence-corrected chi connectivity index (χ1v) is 11.1. The molecule has 0 atom stereocenters. The summed E-state index contributed by atoms with van der Waals surface area (Å²) in [4.78, 5) is 40.7. The first kappa shape index (κ1) is 21.3. The SMILES string of the molecule is CC(C)(C)n1ncc2c1CCN(C(=O)CCCCCN1C(=O)c3ccccc3C1=O)C2. The lowest BCUT2D eigenvalue weighted by Crippen LogP contribution is -2.37. The van der Waals surface area contributed by atoms with Crippen LogP contribution in [0.25, 0.3) is 0 Å². The van der Waals surface area contributed by atoms with Crippen LogP contribution in [0, 0.1) is 0 Å². The molecule has 0 fully saturated rings. The lowest BCUT2D eigenvalue weighted by molar-refractivity contribution is -0.132. The Hall–Kier alpha value is -2.96. The summed E-state index contributed by atoms with van der Waals surface area (Å²) < 4.78 is 2.07. The minimum Gasteiger partial charge on any atom is -0.338 e. The lowest BCUT2D eigenvalue weighted by atomic mass is 10.0. The summed E-state index contributed by atoms with van der Waals surface area (Å²) in [7, 11) is 0. The Bertz CT molecular complexity index is 983. The zero-order chi connectivity index (χ0) is 22.2. The molecule has 0 spiro atoms. The number of imide groups is 1. The normalized spacial score (nSPS) is 16.0. The Morgan fingerprint density at radius 3 is 2.35 bits per heavy atom. The van der Waals surface area contributed by atoms with Crippen molar-refractivity contribution in [3.8, 4) is 0 Å². The third-order valence-electron chi connectivity index (χ3n) is 6.07. The van der Waals surface area contributed by atoms with Crippen LogP contribution in [0.1, 0.15) is 78.4 Å². The zero-order valence-electron chi connectivity index (χ0n) is 18.6. The number of aromatic nitrogens is 2. The predicted molar refractivity (Wildman–Crippen MR) is 117 cm³/mol. The van der Waals surface area contributed by atoms with E-state index >= 15 is 0 Å². The average Bonchev–Trinajstić information content (AvgIpc) is 3.28. The van der Waals surface area contributed by atoms with E-state index in [0.29, 0.717) is 37.1 Å². The molecule has 7 nitrogen and oxygen atoms in total. The second-order valence-electron chi connectivity index (χ2n) is 9.38. The summed E-state index contributed by atoms with van der Waals surface area (Å²) in [5.41, 5.74) is 3.29. The van der Waals surface area contributed by atoms with Gasteiger partial charge in [0.05, 0.1) is 22.9 Å². The van der Waals surface area contributed by atoms with Crippen molar-refractivity contribution < 1.29 is 14.4 Å². The number of carbonyl (C=O) groups is 3. The Labute approximate surface area is 183 Å². The van der Waals surface area contributed by atoms with E-state index in [0.717, 1.165) is 31.4 Å². The van der Waals surface area contributed by atoms with Gasteiger partial charge in [-0.2, -0.15) is 5.10 Å². The number of fused-ring (bicyclic) bond motifs is 2. The number of amides is 3. The fraction of sp³-hybridized carbons (Fsp3) is 0.500. The number of benzene rings is 1. The van der Waals surface area contributed by atoms with Gasteiger partial charge in [0.1, 0.15) is 0 Å². The molecule has 3 amide bonds. The Morgan fingerprint density at radius 1 is 1.03 bits per heavy atom. The molecule has 1 aromatic heterocycles. The Kier molecular flexibility index (Phi) is 5.69. The van der Waals surface area contributed by atoms with Crippen LogP contribution in [-0.4, -0.2) is 50.4 Å². The molecule has 164 valence electrons. The first-order valence-electron chi connectivity index (χ1n) is 11.1.